The van der Waals surface area contributed by atoms with Gasteiger partial charge in [0, 0.05) is 5.02 Å². The molecule has 0 radical (unpaired) electrons. The molecular weight excluding hydrogens is 268 g/mol. The third kappa shape index (κ3) is 2.22. The van der Waals surface area contributed by atoms with Crippen LogP contribution in [0.2, 0.25) is 5.02 Å². The number of aromatic nitrogens is 2. The monoisotopic (exact) mass is 278 g/mol. The van der Waals surface area contributed by atoms with Gasteiger partial charge in [-0.3, -0.25) is 0 Å². The van der Waals surface area contributed by atoms with E-state index in [0.29, 0.717) is 17.3 Å². The zero-order chi connectivity index (χ0) is 13.4. The van der Waals surface area contributed by atoms with Crippen molar-refractivity contribution in [2.75, 3.05) is 0 Å². The van der Waals surface area contributed by atoms with Gasteiger partial charge in [-0.15, -0.1) is 0 Å². The number of carbonyl (C=O) groups is 1. The fraction of sp³-hybridized carbons (Fsp3) is 0.231. The van der Waals surface area contributed by atoms with Gasteiger partial charge in [0.25, 0.3) is 0 Å². The van der Waals surface area contributed by atoms with Crippen LogP contribution in [0.4, 0.5) is 0 Å². The minimum atomic E-state index is -1.03. The first kappa shape index (κ1) is 12.2. The molecule has 2 heterocycles. The molecule has 1 atom stereocenters. The van der Waals surface area contributed by atoms with Crippen molar-refractivity contribution < 1.29 is 14.6 Å². The zero-order valence-corrected chi connectivity index (χ0v) is 10.7. The number of rotatable bonds is 2. The molecule has 3 rings (SSSR count). The van der Waals surface area contributed by atoms with E-state index in [1.807, 2.05) is 28.8 Å². The van der Waals surface area contributed by atoms with Gasteiger partial charge in [0.2, 0.25) is 0 Å². The van der Waals surface area contributed by atoms with Crippen LogP contribution in [0.5, 0.6) is 0 Å². The Bertz CT molecular complexity index is 621. The summed E-state index contributed by atoms with van der Waals surface area (Å²) in [7, 11) is 0. The lowest BCUT2D eigenvalue weighted by atomic mass is 10.1. The van der Waals surface area contributed by atoms with E-state index < -0.39 is 5.97 Å². The van der Waals surface area contributed by atoms with E-state index in [1.54, 1.807) is 6.33 Å². The second-order valence-corrected chi connectivity index (χ2v) is 4.79. The Hall–Kier alpha value is -1.85. The minimum Gasteiger partial charge on any atom is -0.476 e. The smallest absolute Gasteiger partial charge is 0.356 e. The van der Waals surface area contributed by atoms with Crippen molar-refractivity contribution in [3.8, 4) is 0 Å². The fourth-order valence-electron chi connectivity index (χ4n) is 2.18. The Labute approximate surface area is 114 Å². The molecular formula is C13H11ClN2O3. The van der Waals surface area contributed by atoms with E-state index in [9.17, 15) is 4.79 Å². The molecule has 2 aromatic rings. The van der Waals surface area contributed by atoms with Gasteiger partial charge in [-0.25, -0.2) is 9.78 Å². The second kappa shape index (κ2) is 4.68. The average molecular weight is 279 g/mol. The van der Waals surface area contributed by atoms with Gasteiger partial charge in [0.15, 0.2) is 5.69 Å². The van der Waals surface area contributed by atoms with Gasteiger partial charge >= 0.3 is 5.97 Å². The van der Waals surface area contributed by atoms with Gasteiger partial charge in [0.1, 0.15) is 6.10 Å². The molecule has 1 aliphatic heterocycles. The molecule has 0 saturated heterocycles. The van der Waals surface area contributed by atoms with Crippen LogP contribution in [-0.4, -0.2) is 20.6 Å². The maximum absolute atomic E-state index is 11.0. The first-order chi connectivity index (χ1) is 9.15. The van der Waals surface area contributed by atoms with E-state index in [-0.39, 0.29) is 18.4 Å². The summed E-state index contributed by atoms with van der Waals surface area (Å²) < 4.78 is 7.54. The molecule has 6 heteroatoms. The summed E-state index contributed by atoms with van der Waals surface area (Å²) in [6.07, 6.45) is 1.44. The maximum Gasteiger partial charge on any atom is 0.356 e. The predicted octanol–water partition coefficient (Wildman–Crippen LogP) is 2.51. The number of nitrogens with zero attached hydrogens (tertiary/aromatic N) is 2. The van der Waals surface area contributed by atoms with Gasteiger partial charge in [-0.05, 0) is 17.7 Å². The molecule has 1 aliphatic rings. The normalized spacial score (nSPS) is 18.1. The maximum atomic E-state index is 11.0. The number of imidazole rings is 1. The van der Waals surface area contributed by atoms with Crippen LogP contribution < -0.4 is 0 Å². The van der Waals surface area contributed by atoms with Crippen molar-refractivity contribution in [3.05, 3.63) is 52.6 Å². The van der Waals surface area contributed by atoms with Gasteiger partial charge < -0.3 is 14.4 Å². The van der Waals surface area contributed by atoms with Crippen molar-refractivity contribution in [1.29, 1.82) is 0 Å². The predicted molar refractivity (Wildman–Crippen MR) is 68.2 cm³/mol. The molecule has 1 aromatic heterocycles. The number of benzene rings is 1. The van der Waals surface area contributed by atoms with E-state index in [2.05, 4.69) is 4.98 Å². The van der Waals surface area contributed by atoms with E-state index in [0.717, 1.165) is 5.56 Å². The number of carboxylic acid groups (broad SMARTS) is 1. The van der Waals surface area contributed by atoms with Crippen LogP contribution in [0.3, 0.4) is 0 Å². The highest BCUT2D eigenvalue weighted by Gasteiger charge is 2.25. The highest BCUT2D eigenvalue weighted by Crippen LogP contribution is 2.28. The first-order valence-corrected chi connectivity index (χ1v) is 6.17. The second-order valence-electron chi connectivity index (χ2n) is 4.35. The molecule has 1 aromatic carbocycles. The number of hydrogen-bond acceptors (Lipinski definition) is 3. The molecule has 0 saturated carbocycles. The number of halogens is 1. The molecule has 1 unspecified atom stereocenters. The summed E-state index contributed by atoms with van der Waals surface area (Å²) >= 11 is 5.85. The minimum absolute atomic E-state index is 0.0644. The number of aromatic carboxylic acids is 1. The Morgan fingerprint density at radius 1 is 1.42 bits per heavy atom. The van der Waals surface area contributed by atoms with Crippen molar-refractivity contribution in [2.45, 2.75) is 19.3 Å². The Morgan fingerprint density at radius 2 is 2.16 bits per heavy atom. The Morgan fingerprint density at radius 3 is 2.84 bits per heavy atom. The largest absolute Gasteiger partial charge is 0.476 e. The zero-order valence-electron chi connectivity index (χ0n) is 9.91. The lowest BCUT2D eigenvalue weighted by molar-refractivity contribution is 0.00220. The number of hydrogen-bond donors (Lipinski definition) is 1. The first-order valence-electron chi connectivity index (χ1n) is 5.79. The topological polar surface area (TPSA) is 64.3 Å². The summed E-state index contributed by atoms with van der Waals surface area (Å²) in [5.41, 5.74) is 1.69. The Balaban J connectivity index is 1.86. The SMILES string of the molecule is O=C(O)c1ncn2c1COC(c1ccc(Cl)cc1)C2. The number of fused-ring (bicyclic) bond motifs is 1. The fourth-order valence-corrected chi connectivity index (χ4v) is 2.31. The standard InChI is InChI=1S/C13H11ClN2O3/c14-9-3-1-8(2-4-9)11-5-16-7-15-12(13(17)18)10(16)6-19-11/h1-4,7,11H,5-6H2,(H,17,18). The lowest BCUT2D eigenvalue weighted by Gasteiger charge is -2.25. The van der Waals surface area contributed by atoms with E-state index in [4.69, 9.17) is 21.4 Å². The van der Waals surface area contributed by atoms with Crippen LogP contribution in [0.25, 0.3) is 0 Å². The summed E-state index contributed by atoms with van der Waals surface area (Å²) in [6, 6.07) is 7.44. The van der Waals surface area contributed by atoms with Gasteiger partial charge in [-0.1, -0.05) is 23.7 Å². The van der Waals surface area contributed by atoms with E-state index >= 15 is 0 Å². The summed E-state index contributed by atoms with van der Waals surface area (Å²) in [5.74, 6) is -1.03. The van der Waals surface area contributed by atoms with Crippen LogP contribution in [0, 0.1) is 0 Å². The van der Waals surface area contributed by atoms with Crippen LogP contribution in [0.15, 0.2) is 30.6 Å². The molecule has 0 spiro atoms. The van der Waals surface area contributed by atoms with Gasteiger partial charge in [-0.2, -0.15) is 0 Å². The van der Waals surface area contributed by atoms with Crippen LogP contribution in [0.1, 0.15) is 27.8 Å². The van der Waals surface area contributed by atoms with Crippen molar-refractivity contribution in [2.24, 2.45) is 0 Å². The Kier molecular flexibility index (Phi) is 3.00. The third-order valence-corrected chi connectivity index (χ3v) is 3.43. The lowest BCUT2D eigenvalue weighted by Crippen LogP contribution is -2.21. The highest BCUT2D eigenvalue weighted by molar-refractivity contribution is 6.30. The molecule has 0 fully saturated rings. The van der Waals surface area contributed by atoms with Crippen molar-refractivity contribution >= 4 is 17.6 Å². The number of carboxylic acids is 1. The molecule has 98 valence electrons. The quantitative estimate of drug-likeness (QED) is 0.917. The number of ether oxygens (including phenoxy) is 1. The molecule has 0 amide bonds. The third-order valence-electron chi connectivity index (χ3n) is 3.17. The van der Waals surface area contributed by atoms with Crippen molar-refractivity contribution in [3.63, 3.8) is 0 Å². The van der Waals surface area contributed by atoms with Crippen LogP contribution in [-0.2, 0) is 17.9 Å². The van der Waals surface area contributed by atoms with E-state index in [1.165, 1.54) is 0 Å². The molecule has 0 aliphatic carbocycles. The molecule has 0 bridgehead atoms. The highest BCUT2D eigenvalue weighted by atomic mass is 35.5. The summed E-state index contributed by atoms with van der Waals surface area (Å²) in [4.78, 5) is 14.9. The van der Waals surface area contributed by atoms with Crippen molar-refractivity contribution in [1.82, 2.24) is 9.55 Å². The van der Waals surface area contributed by atoms with Gasteiger partial charge in [0.05, 0.1) is 25.2 Å². The summed E-state index contributed by atoms with van der Waals surface area (Å²) in [5, 5.41) is 9.67. The molecule has 1 N–H and O–H groups in total. The van der Waals surface area contributed by atoms with Crippen LogP contribution >= 0.6 is 11.6 Å². The molecule has 19 heavy (non-hydrogen) atoms. The average Bonchev–Trinajstić information content (AvgIpc) is 2.82. The summed E-state index contributed by atoms with van der Waals surface area (Å²) in [6.45, 7) is 0.798. The molecule has 5 nitrogen and oxygen atoms in total.